The minimum atomic E-state index is -0.192. The summed E-state index contributed by atoms with van der Waals surface area (Å²) in [5.41, 5.74) is 1.48. The Hall–Kier alpha value is -2.15. The smallest absolute Gasteiger partial charge is 0.271 e. The largest absolute Gasteiger partial charge is 0.504 e. The van der Waals surface area contributed by atoms with Crippen molar-refractivity contribution < 1.29 is 9.84 Å². The first-order chi connectivity index (χ1) is 13.6. The number of thioether (sulfide) groups is 1. The SMILES string of the molecule is COc1ccc(C2SC(C)=Nc3c2c(=O)[nH]n3C2CCCCCCC2)cc1O. The number of phenols is 1. The van der Waals surface area contributed by atoms with Gasteiger partial charge in [-0.2, -0.15) is 0 Å². The third-order valence-corrected chi connectivity index (χ3v) is 6.87. The average Bonchev–Trinajstić information content (AvgIpc) is 2.97. The number of aliphatic imine (C=N–C) groups is 1. The summed E-state index contributed by atoms with van der Waals surface area (Å²) in [7, 11) is 1.53. The molecule has 1 aliphatic carbocycles. The van der Waals surface area contributed by atoms with Crippen LogP contribution in [0.25, 0.3) is 0 Å². The predicted octanol–water partition coefficient (Wildman–Crippen LogP) is 5.06. The van der Waals surface area contributed by atoms with Crippen molar-refractivity contribution in [1.82, 2.24) is 9.78 Å². The van der Waals surface area contributed by atoms with Gasteiger partial charge in [-0.15, -0.1) is 0 Å². The molecule has 1 saturated carbocycles. The molecular weight excluding hydrogens is 374 g/mol. The van der Waals surface area contributed by atoms with Crippen LogP contribution < -0.4 is 10.3 Å². The van der Waals surface area contributed by atoms with Crippen molar-refractivity contribution >= 4 is 22.6 Å². The normalized spacial score (nSPS) is 20.8. The zero-order valence-electron chi connectivity index (χ0n) is 16.4. The van der Waals surface area contributed by atoms with Crippen molar-refractivity contribution in [2.24, 2.45) is 4.99 Å². The number of aromatic amines is 1. The number of ether oxygens (including phenoxy) is 1. The van der Waals surface area contributed by atoms with E-state index < -0.39 is 0 Å². The zero-order valence-corrected chi connectivity index (χ0v) is 17.2. The lowest BCUT2D eigenvalue weighted by Gasteiger charge is -2.25. The average molecular weight is 402 g/mol. The third-order valence-electron chi connectivity index (χ3n) is 5.70. The van der Waals surface area contributed by atoms with Gasteiger partial charge in [-0.05, 0) is 37.5 Å². The van der Waals surface area contributed by atoms with Gasteiger partial charge in [0.15, 0.2) is 17.3 Å². The summed E-state index contributed by atoms with van der Waals surface area (Å²) < 4.78 is 7.17. The van der Waals surface area contributed by atoms with Gasteiger partial charge < -0.3 is 9.84 Å². The first kappa shape index (κ1) is 19.2. The molecule has 1 atom stereocenters. The molecule has 4 rings (SSSR count). The van der Waals surface area contributed by atoms with Gasteiger partial charge in [-0.25, -0.2) is 4.99 Å². The number of rotatable bonds is 3. The second-order valence-corrected chi connectivity index (χ2v) is 8.91. The summed E-state index contributed by atoms with van der Waals surface area (Å²) >= 11 is 1.55. The van der Waals surface area contributed by atoms with Crippen LogP contribution in [0.5, 0.6) is 11.5 Å². The lowest BCUT2D eigenvalue weighted by Crippen LogP contribution is -2.15. The second kappa shape index (κ2) is 8.07. The number of benzene rings is 1. The van der Waals surface area contributed by atoms with E-state index in [2.05, 4.69) is 5.10 Å². The number of phenolic OH excluding ortho intramolecular Hbond substituents is 1. The van der Waals surface area contributed by atoms with E-state index in [0.717, 1.165) is 29.3 Å². The number of fused-ring (bicyclic) bond motifs is 1. The highest BCUT2D eigenvalue weighted by atomic mass is 32.2. The molecule has 1 aliphatic heterocycles. The van der Waals surface area contributed by atoms with Gasteiger partial charge in [0.2, 0.25) is 0 Å². The minimum absolute atomic E-state index is 0.0817. The molecule has 6 nitrogen and oxygen atoms in total. The molecule has 1 unspecified atom stereocenters. The van der Waals surface area contributed by atoms with E-state index in [1.807, 2.05) is 17.7 Å². The fourth-order valence-corrected chi connectivity index (χ4v) is 5.36. The van der Waals surface area contributed by atoms with E-state index >= 15 is 0 Å². The fraction of sp³-hybridized carbons (Fsp3) is 0.524. The van der Waals surface area contributed by atoms with Gasteiger partial charge in [-0.3, -0.25) is 14.6 Å². The molecule has 7 heteroatoms. The predicted molar refractivity (Wildman–Crippen MR) is 113 cm³/mol. The molecule has 2 aromatic rings. The van der Waals surface area contributed by atoms with Gasteiger partial charge in [0.1, 0.15) is 0 Å². The highest BCUT2D eigenvalue weighted by Gasteiger charge is 2.32. The number of aromatic nitrogens is 2. The standard InChI is InChI=1S/C21H27N3O3S/c1-13-22-20-18(19(28-13)14-10-11-17(27-2)16(25)12-14)21(26)23-24(20)15-8-6-4-3-5-7-9-15/h10-12,15,19,25H,3-9H2,1-2H3,(H,23,26). The van der Waals surface area contributed by atoms with E-state index in [1.54, 1.807) is 23.9 Å². The molecule has 1 aromatic carbocycles. The quantitative estimate of drug-likeness (QED) is 0.753. The maximum atomic E-state index is 12.9. The Morgan fingerprint density at radius 1 is 1.21 bits per heavy atom. The van der Waals surface area contributed by atoms with Crippen LogP contribution in [0.2, 0.25) is 0 Å². The van der Waals surface area contributed by atoms with E-state index in [-0.39, 0.29) is 16.6 Å². The Bertz CT molecular complexity index is 939. The molecule has 0 spiro atoms. The van der Waals surface area contributed by atoms with Crippen molar-refractivity contribution in [3.63, 3.8) is 0 Å². The summed E-state index contributed by atoms with van der Waals surface area (Å²) in [6.45, 7) is 1.98. The van der Waals surface area contributed by atoms with Gasteiger partial charge in [0.25, 0.3) is 5.56 Å². The Morgan fingerprint density at radius 2 is 1.93 bits per heavy atom. The number of hydrogen-bond acceptors (Lipinski definition) is 5. The van der Waals surface area contributed by atoms with E-state index in [9.17, 15) is 9.90 Å². The number of hydrogen-bond donors (Lipinski definition) is 2. The summed E-state index contributed by atoms with van der Waals surface area (Å²) in [4.78, 5) is 17.7. The third kappa shape index (κ3) is 3.60. The summed E-state index contributed by atoms with van der Waals surface area (Å²) in [6, 6.07) is 5.63. The van der Waals surface area contributed by atoms with E-state index in [0.29, 0.717) is 17.4 Å². The Kier molecular flexibility index (Phi) is 5.53. The van der Waals surface area contributed by atoms with Crippen LogP contribution in [0.15, 0.2) is 28.0 Å². The van der Waals surface area contributed by atoms with Crippen LogP contribution in [-0.2, 0) is 0 Å². The van der Waals surface area contributed by atoms with E-state index in [4.69, 9.17) is 9.73 Å². The van der Waals surface area contributed by atoms with Crippen molar-refractivity contribution in [3.8, 4) is 11.5 Å². The van der Waals surface area contributed by atoms with Crippen LogP contribution in [0.1, 0.15) is 74.3 Å². The van der Waals surface area contributed by atoms with Crippen molar-refractivity contribution in [1.29, 1.82) is 0 Å². The first-order valence-corrected chi connectivity index (χ1v) is 10.9. The summed E-state index contributed by atoms with van der Waals surface area (Å²) in [5.74, 6) is 1.27. The highest BCUT2D eigenvalue weighted by Crippen LogP contribution is 2.46. The van der Waals surface area contributed by atoms with Gasteiger partial charge in [0.05, 0.1) is 29.0 Å². The van der Waals surface area contributed by atoms with Crippen LogP contribution in [0.3, 0.4) is 0 Å². The van der Waals surface area contributed by atoms with Crippen LogP contribution >= 0.6 is 11.8 Å². The topological polar surface area (TPSA) is 79.6 Å². The summed E-state index contributed by atoms with van der Waals surface area (Å²) in [6.07, 6.45) is 8.36. The van der Waals surface area contributed by atoms with Crippen LogP contribution in [0, 0.1) is 0 Å². The Balaban J connectivity index is 1.75. The lowest BCUT2D eigenvalue weighted by atomic mass is 9.96. The van der Waals surface area contributed by atoms with Crippen LogP contribution in [0.4, 0.5) is 5.82 Å². The van der Waals surface area contributed by atoms with Gasteiger partial charge in [0, 0.05) is 0 Å². The maximum Gasteiger partial charge on any atom is 0.271 e. The molecule has 1 fully saturated rings. The molecule has 0 radical (unpaired) electrons. The number of aromatic hydroxyl groups is 1. The molecule has 0 amide bonds. The highest BCUT2D eigenvalue weighted by molar-refractivity contribution is 8.14. The fourth-order valence-electron chi connectivity index (χ4n) is 4.27. The molecule has 2 aliphatic rings. The zero-order chi connectivity index (χ0) is 19.7. The molecule has 0 saturated heterocycles. The van der Waals surface area contributed by atoms with Crippen molar-refractivity contribution in [3.05, 3.63) is 39.7 Å². The second-order valence-electron chi connectivity index (χ2n) is 7.61. The molecule has 2 N–H and O–H groups in total. The minimum Gasteiger partial charge on any atom is -0.504 e. The monoisotopic (exact) mass is 401 g/mol. The number of methoxy groups -OCH3 is 1. The molecule has 2 heterocycles. The van der Waals surface area contributed by atoms with Gasteiger partial charge >= 0.3 is 0 Å². The van der Waals surface area contributed by atoms with Crippen molar-refractivity contribution in [2.75, 3.05) is 7.11 Å². The van der Waals surface area contributed by atoms with E-state index in [1.165, 1.54) is 39.2 Å². The lowest BCUT2D eigenvalue weighted by molar-refractivity contribution is 0.349. The number of H-pyrrole nitrogens is 1. The van der Waals surface area contributed by atoms with Gasteiger partial charge in [-0.1, -0.05) is 49.9 Å². The number of nitrogens with one attached hydrogen (secondary N) is 1. The van der Waals surface area contributed by atoms with Crippen LogP contribution in [-0.4, -0.2) is 27.0 Å². The summed E-state index contributed by atoms with van der Waals surface area (Å²) in [5, 5.41) is 14.0. The first-order valence-electron chi connectivity index (χ1n) is 10.0. The molecule has 0 bridgehead atoms. The maximum absolute atomic E-state index is 12.9. The molecule has 150 valence electrons. The molecule has 1 aromatic heterocycles. The number of nitrogens with zero attached hydrogens (tertiary/aromatic N) is 2. The molecular formula is C21H27N3O3S. The Labute approximate surface area is 169 Å². The molecule has 28 heavy (non-hydrogen) atoms. The van der Waals surface area contributed by atoms with Crippen molar-refractivity contribution in [2.45, 2.75) is 63.2 Å². The Morgan fingerprint density at radius 3 is 2.61 bits per heavy atom.